The number of quaternary nitrogens is 1. The maximum atomic E-state index is 5.69. The fourth-order valence-corrected chi connectivity index (χ4v) is 2.66. The van der Waals surface area contributed by atoms with Crippen molar-refractivity contribution in [1.29, 1.82) is 0 Å². The molecule has 0 rings (SSSR count). The van der Waals surface area contributed by atoms with Crippen molar-refractivity contribution in [3.63, 3.8) is 0 Å². The zero-order chi connectivity index (χ0) is 16.5. The lowest BCUT2D eigenvalue weighted by atomic mass is 10.0. The smallest absolute Gasteiger partial charge is 0.102 e. The van der Waals surface area contributed by atoms with E-state index in [4.69, 9.17) is 4.74 Å². The Morgan fingerprint density at radius 2 is 0.955 bits per heavy atom. The van der Waals surface area contributed by atoms with Gasteiger partial charge in [0.15, 0.2) is 0 Å². The summed E-state index contributed by atoms with van der Waals surface area (Å²) in [6.45, 7) is 5.26. The zero-order valence-electron chi connectivity index (χ0n) is 16.2. The summed E-state index contributed by atoms with van der Waals surface area (Å²) in [6.07, 6.45) is 18.4. The minimum Gasteiger partial charge on any atom is -0.376 e. The van der Waals surface area contributed by atoms with E-state index in [1.807, 2.05) is 0 Å². The topological polar surface area (TPSA) is 9.23 Å². The van der Waals surface area contributed by atoms with Crippen molar-refractivity contribution in [2.24, 2.45) is 0 Å². The molecule has 0 N–H and O–H groups in total. The third-order valence-electron chi connectivity index (χ3n) is 4.30. The lowest BCUT2D eigenvalue weighted by Gasteiger charge is -2.23. The van der Waals surface area contributed by atoms with E-state index in [2.05, 4.69) is 28.1 Å². The second-order valence-electron chi connectivity index (χ2n) is 7.87. The summed E-state index contributed by atoms with van der Waals surface area (Å²) in [5.74, 6) is 0. The standard InChI is InChI=1S/C20H44NO/c1-5-6-7-8-9-10-11-12-13-14-15-16-17-19-22-20-18-21(2,3)4/h5-20H2,1-4H3/q+1. The van der Waals surface area contributed by atoms with E-state index in [-0.39, 0.29) is 0 Å². The molecule has 0 amide bonds. The Balaban J connectivity index is 3.00. The SMILES string of the molecule is CCCCCCCCCCCCCCCOCC[N+](C)(C)C. The summed E-state index contributed by atoms with van der Waals surface area (Å²) in [7, 11) is 6.65. The van der Waals surface area contributed by atoms with Crippen LogP contribution < -0.4 is 0 Å². The highest BCUT2D eigenvalue weighted by Crippen LogP contribution is 2.12. The summed E-state index contributed by atoms with van der Waals surface area (Å²) in [6, 6.07) is 0. The molecule has 0 aromatic rings. The molecule has 0 fully saturated rings. The molecule has 0 radical (unpaired) electrons. The number of likely N-dealkylation sites (N-methyl/N-ethyl adjacent to an activating group) is 1. The van der Waals surface area contributed by atoms with Crippen LogP contribution in [0.4, 0.5) is 0 Å². The van der Waals surface area contributed by atoms with Gasteiger partial charge in [0.25, 0.3) is 0 Å². The Morgan fingerprint density at radius 1 is 0.545 bits per heavy atom. The average Bonchev–Trinajstić information content (AvgIpc) is 2.45. The molecule has 0 aliphatic carbocycles. The van der Waals surface area contributed by atoms with Crippen LogP contribution in [0.1, 0.15) is 90.4 Å². The lowest BCUT2D eigenvalue weighted by Crippen LogP contribution is -2.37. The maximum absolute atomic E-state index is 5.69. The molecule has 0 aromatic heterocycles. The first-order valence-corrected chi connectivity index (χ1v) is 9.94. The monoisotopic (exact) mass is 314 g/mol. The first-order chi connectivity index (χ1) is 10.6. The number of rotatable bonds is 17. The Morgan fingerprint density at radius 3 is 1.36 bits per heavy atom. The predicted molar refractivity (Wildman–Crippen MR) is 99.4 cm³/mol. The van der Waals surface area contributed by atoms with Gasteiger partial charge in [-0.2, -0.15) is 0 Å². The van der Waals surface area contributed by atoms with Crippen molar-refractivity contribution in [3.8, 4) is 0 Å². The Hall–Kier alpha value is -0.0800. The van der Waals surface area contributed by atoms with Crippen LogP contribution in [0.3, 0.4) is 0 Å². The van der Waals surface area contributed by atoms with Gasteiger partial charge in [0.2, 0.25) is 0 Å². The summed E-state index contributed by atoms with van der Waals surface area (Å²) in [5, 5.41) is 0. The zero-order valence-corrected chi connectivity index (χ0v) is 16.2. The molecule has 22 heavy (non-hydrogen) atoms. The van der Waals surface area contributed by atoms with Crippen molar-refractivity contribution < 1.29 is 9.22 Å². The van der Waals surface area contributed by atoms with E-state index in [1.165, 1.54) is 83.5 Å². The molecule has 0 aromatic carbocycles. The molecule has 0 spiro atoms. The fourth-order valence-electron chi connectivity index (χ4n) is 2.66. The van der Waals surface area contributed by atoms with Gasteiger partial charge < -0.3 is 9.22 Å². The summed E-state index contributed by atoms with van der Waals surface area (Å²) < 4.78 is 6.69. The van der Waals surface area contributed by atoms with Gasteiger partial charge in [-0.05, 0) is 6.42 Å². The van der Waals surface area contributed by atoms with E-state index < -0.39 is 0 Å². The van der Waals surface area contributed by atoms with Crippen LogP contribution in [0.15, 0.2) is 0 Å². The minimum absolute atomic E-state index is 0.905. The van der Waals surface area contributed by atoms with E-state index in [1.54, 1.807) is 0 Å². The normalized spacial score (nSPS) is 12.0. The van der Waals surface area contributed by atoms with E-state index in [0.717, 1.165) is 24.2 Å². The third-order valence-corrected chi connectivity index (χ3v) is 4.30. The van der Waals surface area contributed by atoms with Gasteiger partial charge in [-0.3, -0.25) is 0 Å². The van der Waals surface area contributed by atoms with Gasteiger partial charge >= 0.3 is 0 Å². The largest absolute Gasteiger partial charge is 0.376 e. The Kier molecular flexibility index (Phi) is 15.7. The van der Waals surface area contributed by atoms with Crippen molar-refractivity contribution in [3.05, 3.63) is 0 Å². The molecule has 0 aliphatic rings. The number of unbranched alkanes of at least 4 members (excludes halogenated alkanes) is 12. The fraction of sp³-hybridized carbons (Fsp3) is 1.00. The van der Waals surface area contributed by atoms with Crippen LogP contribution in [0.25, 0.3) is 0 Å². The molecule has 0 saturated carbocycles. The van der Waals surface area contributed by atoms with Crippen LogP contribution in [-0.4, -0.2) is 45.4 Å². The van der Waals surface area contributed by atoms with Gasteiger partial charge in [0, 0.05) is 6.61 Å². The molecule has 0 aliphatic heterocycles. The molecule has 0 bridgehead atoms. The summed E-state index contributed by atoms with van der Waals surface area (Å²) in [4.78, 5) is 0. The van der Waals surface area contributed by atoms with Gasteiger partial charge in [-0.15, -0.1) is 0 Å². The Bertz CT molecular complexity index is 210. The quantitative estimate of drug-likeness (QED) is 0.243. The highest BCUT2D eigenvalue weighted by molar-refractivity contribution is 4.49. The van der Waals surface area contributed by atoms with Gasteiger partial charge in [-0.1, -0.05) is 84.0 Å². The highest BCUT2D eigenvalue weighted by atomic mass is 16.5. The number of ether oxygens (including phenoxy) is 1. The van der Waals surface area contributed by atoms with Gasteiger partial charge in [0.1, 0.15) is 6.54 Å². The molecule has 2 heteroatoms. The third kappa shape index (κ3) is 19.9. The predicted octanol–water partition coefficient (Wildman–Crippen LogP) is 5.80. The van der Waals surface area contributed by atoms with Gasteiger partial charge in [0.05, 0.1) is 27.7 Å². The summed E-state index contributed by atoms with van der Waals surface area (Å²) >= 11 is 0. The van der Waals surface area contributed by atoms with Crippen LogP contribution in [0, 0.1) is 0 Å². The number of nitrogens with zero attached hydrogens (tertiary/aromatic N) is 1. The van der Waals surface area contributed by atoms with Crippen LogP contribution in [0.2, 0.25) is 0 Å². The lowest BCUT2D eigenvalue weighted by molar-refractivity contribution is -0.870. The van der Waals surface area contributed by atoms with Crippen molar-refractivity contribution in [2.45, 2.75) is 90.4 Å². The Labute approximate surface area is 141 Å². The van der Waals surface area contributed by atoms with E-state index in [0.29, 0.717) is 0 Å². The molecule has 0 atom stereocenters. The molecule has 0 saturated heterocycles. The molecule has 0 heterocycles. The average molecular weight is 315 g/mol. The first kappa shape index (κ1) is 21.9. The second kappa shape index (κ2) is 15.8. The van der Waals surface area contributed by atoms with Crippen molar-refractivity contribution >= 4 is 0 Å². The van der Waals surface area contributed by atoms with E-state index >= 15 is 0 Å². The van der Waals surface area contributed by atoms with E-state index in [9.17, 15) is 0 Å². The number of hydrogen-bond acceptors (Lipinski definition) is 1. The van der Waals surface area contributed by atoms with Crippen LogP contribution in [-0.2, 0) is 4.74 Å². The van der Waals surface area contributed by atoms with Crippen molar-refractivity contribution in [1.82, 2.24) is 0 Å². The number of hydrogen-bond donors (Lipinski definition) is 0. The molecular weight excluding hydrogens is 270 g/mol. The van der Waals surface area contributed by atoms with Crippen LogP contribution >= 0.6 is 0 Å². The van der Waals surface area contributed by atoms with Crippen molar-refractivity contribution in [2.75, 3.05) is 40.9 Å². The molecule has 134 valence electrons. The molecule has 0 unspecified atom stereocenters. The highest BCUT2D eigenvalue weighted by Gasteiger charge is 2.05. The molecular formula is C20H44NO+. The second-order valence-corrected chi connectivity index (χ2v) is 7.87. The summed E-state index contributed by atoms with van der Waals surface area (Å²) in [5.41, 5.74) is 0. The van der Waals surface area contributed by atoms with Gasteiger partial charge in [-0.25, -0.2) is 0 Å². The van der Waals surface area contributed by atoms with Crippen LogP contribution in [0.5, 0.6) is 0 Å². The minimum atomic E-state index is 0.905. The maximum Gasteiger partial charge on any atom is 0.102 e. The molecule has 2 nitrogen and oxygen atoms in total. The first-order valence-electron chi connectivity index (χ1n) is 9.94.